The van der Waals surface area contributed by atoms with Gasteiger partial charge in [-0.05, 0) is 48.7 Å². The van der Waals surface area contributed by atoms with Gasteiger partial charge in [-0.3, -0.25) is 14.5 Å². The summed E-state index contributed by atoms with van der Waals surface area (Å²) in [7, 11) is 1.78. The van der Waals surface area contributed by atoms with Crippen molar-refractivity contribution in [1.82, 2.24) is 14.6 Å². The molecule has 1 aromatic carbocycles. The maximum Gasteiger partial charge on any atom is 0.274 e. The fourth-order valence-electron chi connectivity index (χ4n) is 3.52. The summed E-state index contributed by atoms with van der Waals surface area (Å²) in [6.07, 6.45) is 1.64. The molecule has 4 rings (SSSR count). The van der Waals surface area contributed by atoms with Crippen molar-refractivity contribution >= 4 is 29.5 Å². The summed E-state index contributed by atoms with van der Waals surface area (Å²) in [6, 6.07) is 6.69. The van der Waals surface area contributed by atoms with Crippen LogP contribution in [0.15, 0.2) is 36.5 Å². The zero-order valence-electron chi connectivity index (χ0n) is 15.5. The second-order valence-corrected chi connectivity index (χ2v) is 8.22. The molecule has 1 amide bonds. The zero-order chi connectivity index (χ0) is 20.6. The number of rotatable bonds is 3. The van der Waals surface area contributed by atoms with E-state index in [4.69, 9.17) is 10.1 Å². The van der Waals surface area contributed by atoms with E-state index in [0.717, 1.165) is 12.3 Å². The summed E-state index contributed by atoms with van der Waals surface area (Å²) in [6.45, 7) is 0.755. The Bertz CT molecular complexity index is 958. The van der Waals surface area contributed by atoms with Gasteiger partial charge in [-0.1, -0.05) is 0 Å². The Morgan fingerprint density at radius 3 is 3.00 bits per heavy atom. The van der Waals surface area contributed by atoms with Gasteiger partial charge >= 0.3 is 0 Å². The van der Waals surface area contributed by atoms with Crippen molar-refractivity contribution in [3.63, 3.8) is 0 Å². The molecule has 0 aliphatic carbocycles. The van der Waals surface area contributed by atoms with E-state index in [2.05, 4.69) is 15.6 Å². The molecule has 2 aliphatic rings. The average Bonchev–Trinajstić information content (AvgIpc) is 2.70. The summed E-state index contributed by atoms with van der Waals surface area (Å²) >= 11 is 1.47. The number of nitrogens with one attached hydrogen (secondary N) is 3. The molecular weight excluding hydrogens is 400 g/mol. The lowest BCUT2D eigenvalue weighted by atomic mass is 9.83. The highest BCUT2D eigenvalue weighted by atomic mass is 32.2. The number of carbonyl (C=O) groups excluding carboxylic acids is 1. The van der Waals surface area contributed by atoms with Crippen LogP contribution >= 0.6 is 11.9 Å². The first-order valence-corrected chi connectivity index (χ1v) is 9.80. The molecule has 29 heavy (non-hydrogen) atoms. The number of carbonyl (C=O) groups is 1. The van der Waals surface area contributed by atoms with Gasteiger partial charge in [0.25, 0.3) is 5.91 Å². The average molecular weight is 419 g/mol. The minimum Gasteiger partial charge on any atom is -0.379 e. The number of aromatic nitrogens is 1. The Morgan fingerprint density at radius 2 is 2.24 bits per heavy atom. The van der Waals surface area contributed by atoms with E-state index in [9.17, 15) is 13.6 Å². The third kappa shape index (κ3) is 3.65. The molecule has 0 saturated carbocycles. The lowest BCUT2D eigenvalue weighted by Gasteiger charge is -2.50. The van der Waals surface area contributed by atoms with Crippen LogP contribution in [0.5, 0.6) is 0 Å². The lowest BCUT2D eigenvalue weighted by molar-refractivity contribution is 0.0269. The Hall–Kier alpha value is -2.72. The first kappa shape index (κ1) is 19.6. The first-order valence-electron chi connectivity index (χ1n) is 8.97. The number of anilines is 1. The summed E-state index contributed by atoms with van der Waals surface area (Å²) in [5, 5.41) is 13.9. The minimum absolute atomic E-state index is 0.0454. The van der Waals surface area contributed by atoms with Gasteiger partial charge < -0.3 is 15.4 Å². The second-order valence-electron chi connectivity index (χ2n) is 6.89. The molecule has 1 aromatic heterocycles. The number of pyridine rings is 1. The number of guanidine groups is 1. The van der Waals surface area contributed by atoms with Crippen LogP contribution in [-0.2, 0) is 10.3 Å². The maximum atomic E-state index is 14.9. The third-order valence-electron chi connectivity index (χ3n) is 5.01. The smallest absolute Gasteiger partial charge is 0.274 e. The maximum absolute atomic E-state index is 14.9. The van der Waals surface area contributed by atoms with Crippen LogP contribution in [0.25, 0.3) is 0 Å². The number of hydrogen-bond acceptors (Lipinski definition) is 5. The van der Waals surface area contributed by atoms with Crippen molar-refractivity contribution in [1.29, 1.82) is 5.41 Å². The summed E-state index contributed by atoms with van der Waals surface area (Å²) < 4.78 is 35.3. The fraction of sp³-hybridized carbons (Fsp3) is 0.316. The molecule has 0 spiro atoms. The van der Waals surface area contributed by atoms with E-state index < -0.39 is 23.1 Å². The molecule has 7 nitrogen and oxygen atoms in total. The highest BCUT2D eigenvalue weighted by Crippen LogP contribution is 2.43. The van der Waals surface area contributed by atoms with Crippen molar-refractivity contribution < 1.29 is 18.3 Å². The monoisotopic (exact) mass is 419 g/mol. The molecule has 0 bridgehead atoms. The molecule has 2 unspecified atom stereocenters. The summed E-state index contributed by atoms with van der Waals surface area (Å²) in [5.41, 5.74) is -0.194. The van der Waals surface area contributed by atoms with Crippen molar-refractivity contribution in [3.05, 3.63) is 59.4 Å². The van der Waals surface area contributed by atoms with Gasteiger partial charge in [0.1, 0.15) is 22.9 Å². The summed E-state index contributed by atoms with van der Waals surface area (Å²) in [5.74, 6) is -1.37. The van der Waals surface area contributed by atoms with Crippen molar-refractivity contribution in [3.8, 4) is 0 Å². The van der Waals surface area contributed by atoms with Gasteiger partial charge in [0.15, 0.2) is 0 Å². The van der Waals surface area contributed by atoms with E-state index >= 15 is 0 Å². The lowest BCUT2D eigenvalue weighted by Crippen LogP contribution is -2.64. The Balaban J connectivity index is 1.66. The van der Waals surface area contributed by atoms with E-state index in [-0.39, 0.29) is 23.5 Å². The van der Waals surface area contributed by atoms with Crippen molar-refractivity contribution in [2.24, 2.45) is 0 Å². The van der Waals surface area contributed by atoms with Crippen molar-refractivity contribution in [2.75, 3.05) is 25.6 Å². The van der Waals surface area contributed by atoms with Crippen molar-refractivity contribution in [2.45, 2.75) is 17.2 Å². The number of ether oxygens (including phenoxy) is 1. The van der Waals surface area contributed by atoms with E-state index in [0.29, 0.717) is 24.3 Å². The number of halogens is 2. The van der Waals surface area contributed by atoms with E-state index in [1.54, 1.807) is 17.4 Å². The molecule has 2 aliphatic heterocycles. The molecule has 3 N–H and O–H groups in total. The van der Waals surface area contributed by atoms with Crippen LogP contribution in [-0.4, -0.2) is 46.7 Å². The van der Waals surface area contributed by atoms with Crippen LogP contribution < -0.4 is 10.6 Å². The van der Waals surface area contributed by atoms with Gasteiger partial charge in [-0.25, -0.2) is 13.8 Å². The van der Waals surface area contributed by atoms with Gasteiger partial charge in [0.05, 0.1) is 18.1 Å². The topological polar surface area (TPSA) is 90.3 Å². The summed E-state index contributed by atoms with van der Waals surface area (Å²) in [4.78, 5) is 16.2. The Kier molecular flexibility index (Phi) is 5.13. The molecule has 3 heterocycles. The van der Waals surface area contributed by atoms with Crippen LogP contribution in [0, 0.1) is 17.0 Å². The molecule has 152 valence electrons. The van der Waals surface area contributed by atoms with Gasteiger partial charge in [-0.15, -0.1) is 0 Å². The first-order chi connectivity index (χ1) is 13.9. The second kappa shape index (κ2) is 7.60. The van der Waals surface area contributed by atoms with Gasteiger partial charge in [-0.2, -0.15) is 0 Å². The van der Waals surface area contributed by atoms with Gasteiger partial charge in [0, 0.05) is 24.9 Å². The fourth-order valence-corrected chi connectivity index (χ4v) is 4.69. The van der Waals surface area contributed by atoms with E-state index in [1.807, 2.05) is 0 Å². The number of amides is 1. The van der Waals surface area contributed by atoms with Crippen LogP contribution in [0.1, 0.15) is 22.5 Å². The number of hydrogen-bond donors (Lipinski definition) is 3. The highest BCUT2D eigenvalue weighted by molar-refractivity contribution is 7.98. The quantitative estimate of drug-likeness (QED) is 0.663. The number of nitrogens with zero attached hydrogens (tertiary/aromatic N) is 2. The van der Waals surface area contributed by atoms with Gasteiger partial charge in [0.2, 0.25) is 5.96 Å². The third-order valence-corrected chi connectivity index (χ3v) is 6.40. The molecule has 10 heteroatoms. The minimum atomic E-state index is -0.925. The normalized spacial score (nSPS) is 23.9. The van der Waals surface area contributed by atoms with Crippen LogP contribution in [0.4, 0.5) is 14.5 Å². The Labute approximate surface area is 170 Å². The SMILES string of the molecule is CN1SC2CCOCC2(c2cc(NC(=O)c3ccc(F)cn3)ccc2F)NC1=N. The molecule has 2 fully saturated rings. The number of fused-ring (bicyclic) bond motifs is 1. The number of benzene rings is 1. The largest absolute Gasteiger partial charge is 0.379 e. The van der Waals surface area contributed by atoms with E-state index in [1.165, 1.54) is 30.1 Å². The standard InChI is InChI=1S/C19H19F2N5O2S/c1-26-18(22)25-19(10-28-7-6-16(19)29-26)13-8-12(3-4-14(13)21)24-17(27)15-5-2-11(20)9-23-15/h2-5,8-9,16H,6-7,10H2,1H3,(H2,22,25)(H,24,27). The Morgan fingerprint density at radius 1 is 1.41 bits per heavy atom. The predicted molar refractivity (Wildman–Crippen MR) is 106 cm³/mol. The zero-order valence-corrected chi connectivity index (χ0v) is 16.4. The predicted octanol–water partition coefficient (Wildman–Crippen LogP) is 2.71. The molecule has 2 saturated heterocycles. The molecule has 0 radical (unpaired) electrons. The molecular formula is C19H19F2N5O2S. The van der Waals surface area contributed by atoms with Crippen LogP contribution in [0.3, 0.4) is 0 Å². The molecule has 2 aromatic rings. The highest BCUT2D eigenvalue weighted by Gasteiger charge is 2.50. The molecule has 2 atom stereocenters. The van der Waals surface area contributed by atoms with Crippen LogP contribution in [0.2, 0.25) is 0 Å².